The van der Waals surface area contributed by atoms with E-state index in [1.807, 2.05) is 18.2 Å². The van der Waals surface area contributed by atoms with E-state index in [2.05, 4.69) is 40.0 Å². The van der Waals surface area contributed by atoms with Crippen LogP contribution in [-0.2, 0) is 6.42 Å². The van der Waals surface area contributed by atoms with Crippen LogP contribution in [0.25, 0.3) is 0 Å². The van der Waals surface area contributed by atoms with E-state index in [1.54, 1.807) is 18.0 Å². The first-order valence-corrected chi connectivity index (χ1v) is 8.41. The van der Waals surface area contributed by atoms with Gasteiger partial charge in [-0.05, 0) is 48.7 Å². The lowest BCUT2D eigenvalue weighted by Crippen LogP contribution is -2.21. The Morgan fingerprint density at radius 2 is 2.20 bits per heavy atom. The van der Waals surface area contributed by atoms with Gasteiger partial charge in [-0.15, -0.1) is 0 Å². The Labute approximate surface area is 137 Å². The lowest BCUT2D eigenvalue weighted by atomic mass is 10.1. The third-order valence-electron chi connectivity index (χ3n) is 2.96. The minimum absolute atomic E-state index is 0.169. The molecule has 0 aliphatic carbocycles. The maximum atomic E-state index is 6.17. The second-order valence-electron chi connectivity index (χ2n) is 4.52. The number of rotatable bonds is 5. The van der Waals surface area contributed by atoms with Crippen LogP contribution in [0.4, 0.5) is 0 Å². The lowest BCUT2D eigenvalue weighted by Gasteiger charge is -2.13. The fourth-order valence-corrected chi connectivity index (χ4v) is 3.33. The molecule has 2 rings (SSSR count). The molecule has 1 atom stereocenters. The molecule has 2 nitrogen and oxygen atoms in total. The van der Waals surface area contributed by atoms with Gasteiger partial charge in [0.1, 0.15) is 5.03 Å². The van der Waals surface area contributed by atoms with Crippen molar-refractivity contribution in [2.45, 2.75) is 35.7 Å². The zero-order valence-electron chi connectivity index (χ0n) is 11.1. The van der Waals surface area contributed by atoms with Crippen molar-refractivity contribution in [3.63, 3.8) is 0 Å². The maximum Gasteiger partial charge on any atom is 0.119 e. The van der Waals surface area contributed by atoms with Gasteiger partial charge in [-0.2, -0.15) is 0 Å². The number of hydrogen-bond acceptors (Lipinski definition) is 3. The van der Waals surface area contributed by atoms with Crippen molar-refractivity contribution in [1.29, 1.82) is 0 Å². The monoisotopic (exact) mass is 370 g/mol. The van der Waals surface area contributed by atoms with E-state index >= 15 is 0 Å². The molecule has 1 unspecified atom stereocenters. The van der Waals surface area contributed by atoms with Crippen LogP contribution in [0.15, 0.2) is 50.9 Å². The number of pyridine rings is 1. The minimum atomic E-state index is 0.169. The molecule has 2 aromatic rings. The minimum Gasteiger partial charge on any atom is -0.327 e. The maximum absolute atomic E-state index is 6.17. The SMILES string of the molecule is CCC(N)Cc1cc(Br)ccc1Sc1ncccc1Cl. The molecular formula is C15H16BrClN2S. The van der Waals surface area contributed by atoms with Crippen LogP contribution < -0.4 is 5.73 Å². The Hall–Kier alpha value is -0.550. The summed E-state index contributed by atoms with van der Waals surface area (Å²) in [5.74, 6) is 0. The van der Waals surface area contributed by atoms with Crippen molar-refractivity contribution < 1.29 is 0 Å². The van der Waals surface area contributed by atoms with Crippen molar-refractivity contribution in [1.82, 2.24) is 4.98 Å². The normalized spacial score (nSPS) is 12.4. The summed E-state index contributed by atoms with van der Waals surface area (Å²) in [6.07, 6.45) is 3.56. The molecule has 0 amide bonds. The Balaban J connectivity index is 2.29. The van der Waals surface area contributed by atoms with Gasteiger partial charge in [0.25, 0.3) is 0 Å². The van der Waals surface area contributed by atoms with Gasteiger partial charge in [-0.25, -0.2) is 4.98 Å². The zero-order chi connectivity index (χ0) is 14.5. The summed E-state index contributed by atoms with van der Waals surface area (Å²) in [5, 5.41) is 1.49. The molecule has 1 aromatic heterocycles. The van der Waals surface area contributed by atoms with Gasteiger partial charge in [0.15, 0.2) is 0 Å². The molecule has 20 heavy (non-hydrogen) atoms. The number of nitrogens with two attached hydrogens (primary N) is 1. The highest BCUT2D eigenvalue weighted by molar-refractivity contribution is 9.10. The van der Waals surface area contributed by atoms with Crippen molar-refractivity contribution in [3.8, 4) is 0 Å². The van der Waals surface area contributed by atoms with Crippen LogP contribution >= 0.6 is 39.3 Å². The van der Waals surface area contributed by atoms with Gasteiger partial charge in [-0.1, -0.05) is 46.2 Å². The summed E-state index contributed by atoms with van der Waals surface area (Å²) in [4.78, 5) is 5.48. The molecule has 0 aliphatic heterocycles. The summed E-state index contributed by atoms with van der Waals surface area (Å²) in [7, 11) is 0. The van der Waals surface area contributed by atoms with Crippen molar-refractivity contribution in [3.05, 3.63) is 51.6 Å². The van der Waals surface area contributed by atoms with E-state index in [4.69, 9.17) is 17.3 Å². The lowest BCUT2D eigenvalue weighted by molar-refractivity contribution is 0.641. The summed E-state index contributed by atoms with van der Waals surface area (Å²) in [6, 6.07) is 10.1. The average molecular weight is 372 g/mol. The molecule has 0 fully saturated rings. The molecule has 0 saturated carbocycles. The van der Waals surface area contributed by atoms with E-state index in [0.29, 0.717) is 5.02 Å². The molecule has 0 radical (unpaired) electrons. The summed E-state index contributed by atoms with van der Waals surface area (Å²) >= 11 is 11.3. The van der Waals surface area contributed by atoms with Crippen molar-refractivity contribution >= 4 is 39.3 Å². The first kappa shape index (κ1) is 15.8. The molecule has 0 spiro atoms. The highest BCUT2D eigenvalue weighted by atomic mass is 79.9. The van der Waals surface area contributed by atoms with Gasteiger partial charge in [0.2, 0.25) is 0 Å². The molecule has 2 N–H and O–H groups in total. The largest absolute Gasteiger partial charge is 0.327 e. The Bertz CT molecular complexity index is 592. The topological polar surface area (TPSA) is 38.9 Å². The molecule has 106 valence electrons. The third kappa shape index (κ3) is 4.22. The Morgan fingerprint density at radius 3 is 2.90 bits per heavy atom. The van der Waals surface area contributed by atoms with Gasteiger partial charge < -0.3 is 5.73 Å². The molecule has 0 saturated heterocycles. The molecule has 0 aliphatic rings. The van der Waals surface area contributed by atoms with E-state index in [1.165, 1.54) is 5.56 Å². The van der Waals surface area contributed by atoms with Crippen LogP contribution in [0, 0.1) is 0 Å². The molecule has 0 bridgehead atoms. The summed E-state index contributed by atoms with van der Waals surface area (Å²) in [6.45, 7) is 2.10. The number of halogens is 2. The number of aromatic nitrogens is 1. The number of benzene rings is 1. The highest BCUT2D eigenvalue weighted by Crippen LogP contribution is 2.35. The zero-order valence-corrected chi connectivity index (χ0v) is 14.3. The van der Waals surface area contributed by atoms with Gasteiger partial charge in [-0.3, -0.25) is 0 Å². The molecule has 1 aromatic carbocycles. The highest BCUT2D eigenvalue weighted by Gasteiger charge is 2.11. The predicted octanol–water partition coefficient (Wildman–Crippen LogP) is 4.93. The standard InChI is InChI=1S/C15H16BrClN2S/c1-2-12(18)9-10-8-11(16)5-6-14(10)20-15-13(17)4-3-7-19-15/h3-8,12H,2,9,18H2,1H3. The molecule has 5 heteroatoms. The van der Waals surface area contributed by atoms with E-state index in [9.17, 15) is 0 Å². The number of nitrogens with zero attached hydrogens (tertiary/aromatic N) is 1. The van der Waals surface area contributed by atoms with Crippen molar-refractivity contribution in [2.24, 2.45) is 5.73 Å². The van der Waals surface area contributed by atoms with Gasteiger partial charge >= 0.3 is 0 Å². The quantitative estimate of drug-likeness (QED) is 0.810. The van der Waals surface area contributed by atoms with Crippen LogP contribution in [-0.4, -0.2) is 11.0 Å². The van der Waals surface area contributed by atoms with Crippen LogP contribution in [0.3, 0.4) is 0 Å². The average Bonchev–Trinajstić information content (AvgIpc) is 2.44. The Kier molecular flexibility index (Phi) is 5.90. The molecular weight excluding hydrogens is 356 g/mol. The van der Waals surface area contributed by atoms with Crippen molar-refractivity contribution in [2.75, 3.05) is 0 Å². The fraction of sp³-hybridized carbons (Fsp3) is 0.267. The molecule has 1 heterocycles. The Morgan fingerprint density at radius 1 is 1.40 bits per heavy atom. The summed E-state index contributed by atoms with van der Waals surface area (Å²) < 4.78 is 1.06. The van der Waals surface area contributed by atoms with E-state index in [-0.39, 0.29) is 6.04 Å². The van der Waals surface area contributed by atoms with Crippen LogP contribution in [0.1, 0.15) is 18.9 Å². The summed E-state index contributed by atoms with van der Waals surface area (Å²) in [5.41, 5.74) is 7.30. The first-order valence-electron chi connectivity index (χ1n) is 6.42. The second kappa shape index (κ2) is 7.46. The van der Waals surface area contributed by atoms with Crippen LogP contribution in [0.5, 0.6) is 0 Å². The smallest absolute Gasteiger partial charge is 0.119 e. The van der Waals surface area contributed by atoms with Crippen LogP contribution in [0.2, 0.25) is 5.02 Å². The predicted molar refractivity (Wildman–Crippen MR) is 89.5 cm³/mol. The van der Waals surface area contributed by atoms with E-state index < -0.39 is 0 Å². The first-order chi connectivity index (χ1) is 9.60. The third-order valence-corrected chi connectivity index (χ3v) is 5.01. The van der Waals surface area contributed by atoms with E-state index in [0.717, 1.165) is 27.2 Å². The van der Waals surface area contributed by atoms with Gasteiger partial charge in [0, 0.05) is 21.6 Å². The fourth-order valence-electron chi connectivity index (χ4n) is 1.78. The second-order valence-corrected chi connectivity index (χ2v) is 6.87. The van der Waals surface area contributed by atoms with Gasteiger partial charge in [0.05, 0.1) is 5.02 Å². The number of hydrogen-bond donors (Lipinski definition) is 1.